The SMILES string of the molecule is CCCN(CC)C(=O)COC(=O)CCN1CCC(N2CCN(C(=O)[C@@H](Cc3cc(C)c(O)c(C)c3)OC(=O)N3CCC(N4CCc5ccccc5NC4=O)CC3)CC2)CC1. The van der Waals surface area contributed by atoms with Crippen LogP contribution in [0.2, 0.25) is 0 Å². The summed E-state index contributed by atoms with van der Waals surface area (Å²) in [5.41, 5.74) is 4.15. The first kappa shape index (κ1) is 44.7. The molecule has 0 unspecified atom stereocenters. The summed E-state index contributed by atoms with van der Waals surface area (Å²) in [6.07, 6.45) is 3.62. The fourth-order valence-corrected chi connectivity index (χ4v) is 9.15. The van der Waals surface area contributed by atoms with Crippen LogP contribution in [0.4, 0.5) is 15.3 Å². The number of carbonyl (C=O) groups excluding carboxylic acids is 5. The van der Waals surface area contributed by atoms with Crippen molar-refractivity contribution >= 4 is 35.6 Å². The number of rotatable bonds is 14. The lowest BCUT2D eigenvalue weighted by Crippen LogP contribution is -2.56. The number of carbonyl (C=O) groups is 5. The van der Waals surface area contributed by atoms with Gasteiger partial charge in [0.25, 0.3) is 11.8 Å². The third-order valence-electron chi connectivity index (χ3n) is 12.7. The van der Waals surface area contributed by atoms with Crippen LogP contribution in [0.5, 0.6) is 5.75 Å². The van der Waals surface area contributed by atoms with E-state index in [-0.39, 0.29) is 55.1 Å². The van der Waals surface area contributed by atoms with E-state index in [1.807, 2.05) is 73.9 Å². The molecule has 0 radical (unpaired) electrons. The molecule has 60 heavy (non-hydrogen) atoms. The number of likely N-dealkylation sites (N-methyl/N-ethyl adjacent to an activating group) is 1. The summed E-state index contributed by atoms with van der Waals surface area (Å²) in [4.78, 5) is 77.6. The van der Waals surface area contributed by atoms with Crippen molar-refractivity contribution in [3.63, 3.8) is 0 Å². The predicted octanol–water partition coefficient (Wildman–Crippen LogP) is 4.41. The van der Waals surface area contributed by atoms with Crippen LogP contribution in [0.25, 0.3) is 0 Å². The summed E-state index contributed by atoms with van der Waals surface area (Å²) in [6, 6.07) is 11.8. The standard InChI is InChI=1S/C45H65N7O8/c1-5-17-48(6-2)40(53)31-59-41(54)16-20-47-18-12-36(13-19-47)49-24-26-50(27-25-49)43(56)39(30-34-28-32(3)42(55)33(4)29-34)60-45(58)51-21-14-37(15-22-51)52-23-11-35-9-7-8-10-38(35)46-44(52)57/h7-10,28-29,36-37,39,55H,5-6,11-27,30-31H2,1-4H3,(H,46,57)/t39-/m1/s1. The first-order chi connectivity index (χ1) is 28.9. The topological polar surface area (TPSA) is 156 Å². The number of phenols is 1. The van der Waals surface area contributed by atoms with Gasteiger partial charge in [-0.1, -0.05) is 37.3 Å². The van der Waals surface area contributed by atoms with Crippen molar-refractivity contribution in [1.29, 1.82) is 0 Å². The number of para-hydroxylation sites is 1. The Bertz CT molecular complexity index is 1790. The number of phenolic OH excluding ortho intramolecular Hbond substituents is 1. The van der Waals surface area contributed by atoms with Crippen molar-refractivity contribution in [3.8, 4) is 5.75 Å². The highest BCUT2D eigenvalue weighted by Crippen LogP contribution is 2.27. The highest BCUT2D eigenvalue weighted by Gasteiger charge is 2.36. The molecule has 0 saturated carbocycles. The lowest BCUT2D eigenvalue weighted by molar-refractivity contribution is -0.152. The van der Waals surface area contributed by atoms with Crippen LogP contribution >= 0.6 is 0 Å². The Kier molecular flexibility index (Phi) is 15.7. The Balaban J connectivity index is 0.979. The van der Waals surface area contributed by atoms with Gasteiger partial charge in [0.15, 0.2) is 12.7 Å². The van der Waals surface area contributed by atoms with E-state index in [1.165, 1.54) is 0 Å². The van der Waals surface area contributed by atoms with Gasteiger partial charge in [0.05, 0.1) is 6.42 Å². The van der Waals surface area contributed by atoms with Gasteiger partial charge < -0.3 is 44.4 Å². The monoisotopic (exact) mass is 831 g/mol. The lowest BCUT2D eigenvalue weighted by Gasteiger charge is -2.43. The largest absolute Gasteiger partial charge is 0.507 e. The van der Waals surface area contributed by atoms with E-state index < -0.39 is 12.2 Å². The number of hydrogen-bond acceptors (Lipinski definition) is 10. The molecule has 2 aromatic rings. The second-order valence-corrected chi connectivity index (χ2v) is 16.7. The fourth-order valence-electron chi connectivity index (χ4n) is 9.15. The van der Waals surface area contributed by atoms with E-state index in [1.54, 1.807) is 9.80 Å². The number of piperidine rings is 2. The molecular formula is C45H65N7O8. The van der Waals surface area contributed by atoms with E-state index >= 15 is 0 Å². The summed E-state index contributed by atoms with van der Waals surface area (Å²) in [5.74, 6) is -0.524. The highest BCUT2D eigenvalue weighted by atomic mass is 16.6. The van der Waals surface area contributed by atoms with Gasteiger partial charge in [0, 0.05) is 89.6 Å². The Morgan fingerprint density at radius 1 is 0.867 bits per heavy atom. The zero-order valence-corrected chi connectivity index (χ0v) is 36.0. The van der Waals surface area contributed by atoms with Crippen LogP contribution in [0.1, 0.15) is 74.6 Å². The summed E-state index contributed by atoms with van der Waals surface area (Å²) < 4.78 is 11.4. The number of ether oxygens (including phenoxy) is 2. The molecule has 5 amide bonds. The molecule has 3 fully saturated rings. The number of amides is 5. The average molecular weight is 832 g/mol. The fraction of sp³-hybridized carbons (Fsp3) is 0.622. The van der Waals surface area contributed by atoms with E-state index in [4.69, 9.17) is 9.47 Å². The molecule has 15 nitrogen and oxygen atoms in total. The molecule has 0 spiro atoms. The molecule has 15 heteroatoms. The number of hydrogen-bond donors (Lipinski definition) is 2. The van der Waals surface area contributed by atoms with Crippen molar-refractivity contribution in [2.24, 2.45) is 0 Å². The second-order valence-electron chi connectivity index (χ2n) is 16.7. The molecule has 3 saturated heterocycles. The number of aryl methyl sites for hydroxylation is 2. The van der Waals surface area contributed by atoms with Crippen molar-refractivity contribution in [2.75, 3.05) is 90.5 Å². The van der Waals surface area contributed by atoms with Crippen molar-refractivity contribution in [3.05, 3.63) is 58.7 Å². The zero-order valence-electron chi connectivity index (χ0n) is 36.0. The molecule has 4 aliphatic heterocycles. The third kappa shape index (κ3) is 11.5. The minimum absolute atomic E-state index is 0.0125. The number of urea groups is 1. The van der Waals surface area contributed by atoms with Crippen molar-refractivity contribution in [2.45, 2.75) is 97.2 Å². The Morgan fingerprint density at radius 2 is 1.53 bits per heavy atom. The lowest BCUT2D eigenvalue weighted by atomic mass is 10.00. The summed E-state index contributed by atoms with van der Waals surface area (Å²) >= 11 is 0. The van der Waals surface area contributed by atoms with Gasteiger partial charge in [-0.05, 0) is 101 Å². The van der Waals surface area contributed by atoms with Gasteiger partial charge in [0.2, 0.25) is 0 Å². The molecule has 4 aliphatic rings. The number of likely N-dealkylation sites (tertiary alicyclic amines) is 2. The minimum Gasteiger partial charge on any atom is -0.507 e. The quantitative estimate of drug-likeness (QED) is 0.262. The van der Waals surface area contributed by atoms with Crippen LogP contribution < -0.4 is 5.32 Å². The molecule has 328 valence electrons. The zero-order chi connectivity index (χ0) is 42.8. The van der Waals surface area contributed by atoms with Crippen LogP contribution in [0, 0.1) is 13.8 Å². The number of benzene rings is 2. The van der Waals surface area contributed by atoms with Gasteiger partial charge in [0.1, 0.15) is 5.75 Å². The molecule has 2 N–H and O–H groups in total. The number of fused-ring (bicyclic) bond motifs is 1. The first-order valence-electron chi connectivity index (χ1n) is 22.0. The molecule has 2 aromatic carbocycles. The maximum Gasteiger partial charge on any atom is 0.410 e. The Labute approximate surface area is 354 Å². The minimum atomic E-state index is -1.03. The molecule has 0 aliphatic carbocycles. The van der Waals surface area contributed by atoms with Crippen LogP contribution in [-0.2, 0) is 36.7 Å². The van der Waals surface area contributed by atoms with Crippen molar-refractivity contribution < 1.29 is 38.6 Å². The number of esters is 1. The van der Waals surface area contributed by atoms with E-state index in [0.29, 0.717) is 95.5 Å². The van der Waals surface area contributed by atoms with E-state index in [0.717, 1.165) is 55.6 Å². The molecule has 0 aromatic heterocycles. The van der Waals surface area contributed by atoms with Crippen molar-refractivity contribution in [1.82, 2.24) is 29.4 Å². The first-order valence-corrected chi connectivity index (χ1v) is 22.0. The Hall–Kier alpha value is -4.89. The maximum absolute atomic E-state index is 14.2. The predicted molar refractivity (Wildman–Crippen MR) is 228 cm³/mol. The highest BCUT2D eigenvalue weighted by molar-refractivity contribution is 5.91. The Morgan fingerprint density at radius 3 is 2.20 bits per heavy atom. The van der Waals surface area contributed by atoms with Gasteiger partial charge in [-0.3, -0.25) is 19.3 Å². The summed E-state index contributed by atoms with van der Waals surface area (Å²) in [5, 5.41) is 13.5. The molecule has 4 heterocycles. The summed E-state index contributed by atoms with van der Waals surface area (Å²) in [7, 11) is 0. The number of anilines is 1. The van der Waals surface area contributed by atoms with Gasteiger partial charge in [-0.15, -0.1) is 0 Å². The molecule has 6 rings (SSSR count). The normalized spacial score (nSPS) is 18.9. The number of piperazine rings is 1. The van der Waals surface area contributed by atoms with E-state index in [9.17, 15) is 29.1 Å². The van der Waals surface area contributed by atoms with Gasteiger partial charge >= 0.3 is 18.1 Å². The molecule has 1 atom stereocenters. The van der Waals surface area contributed by atoms with Gasteiger partial charge in [-0.2, -0.15) is 0 Å². The molecule has 0 bridgehead atoms. The number of aromatic hydroxyl groups is 1. The van der Waals surface area contributed by atoms with E-state index in [2.05, 4.69) is 15.1 Å². The smallest absolute Gasteiger partial charge is 0.410 e. The molecular weight excluding hydrogens is 767 g/mol. The summed E-state index contributed by atoms with van der Waals surface area (Å²) in [6.45, 7) is 14.8. The average Bonchev–Trinajstić information content (AvgIpc) is 3.43. The third-order valence-corrected chi connectivity index (χ3v) is 12.7. The second kappa shape index (κ2) is 21.1. The van der Waals surface area contributed by atoms with Crippen LogP contribution in [0.15, 0.2) is 36.4 Å². The maximum atomic E-state index is 14.2. The number of nitrogens with zero attached hydrogens (tertiary/aromatic N) is 6. The number of nitrogens with one attached hydrogen (secondary N) is 1. The van der Waals surface area contributed by atoms with Gasteiger partial charge in [-0.25, -0.2) is 9.59 Å². The van der Waals surface area contributed by atoms with Crippen LogP contribution in [-0.4, -0.2) is 168 Å². The van der Waals surface area contributed by atoms with Crippen LogP contribution in [0.3, 0.4) is 0 Å².